The number of amides is 2. The quantitative estimate of drug-likeness (QED) is 0.859. The second-order valence-corrected chi connectivity index (χ2v) is 8.44. The molecule has 150 valence electrons. The van der Waals surface area contributed by atoms with Crippen molar-refractivity contribution in [3.8, 4) is 0 Å². The molecule has 1 aromatic carbocycles. The molecule has 0 aliphatic heterocycles. The lowest BCUT2D eigenvalue weighted by atomic mass is 9.85. The molecule has 1 N–H and O–H groups in total. The summed E-state index contributed by atoms with van der Waals surface area (Å²) in [5.41, 5.74) is 1.16. The molecule has 28 heavy (non-hydrogen) atoms. The van der Waals surface area contributed by atoms with Gasteiger partial charge in [-0.3, -0.25) is 9.78 Å². The van der Waals surface area contributed by atoms with E-state index in [9.17, 15) is 9.59 Å². The molecular weight excluding hydrogens is 354 g/mol. The van der Waals surface area contributed by atoms with Crippen LogP contribution in [0.3, 0.4) is 0 Å². The molecule has 1 heterocycles. The van der Waals surface area contributed by atoms with Crippen LogP contribution in [0, 0.1) is 5.92 Å². The topological polar surface area (TPSA) is 71.5 Å². The first kappa shape index (κ1) is 20.1. The zero-order valence-corrected chi connectivity index (χ0v) is 17.1. The summed E-state index contributed by atoms with van der Waals surface area (Å²) in [4.78, 5) is 31.2. The molecule has 2 aromatic rings. The van der Waals surface area contributed by atoms with Crippen molar-refractivity contribution < 1.29 is 14.3 Å². The normalized spacial score (nSPS) is 19.9. The van der Waals surface area contributed by atoms with Gasteiger partial charge in [-0.25, -0.2) is 4.79 Å². The molecule has 1 saturated carbocycles. The zero-order valence-electron chi connectivity index (χ0n) is 17.1. The molecule has 1 aliphatic rings. The molecular formula is C22H29N3O3. The van der Waals surface area contributed by atoms with Gasteiger partial charge in [0.2, 0.25) is 5.91 Å². The van der Waals surface area contributed by atoms with Crippen LogP contribution >= 0.6 is 0 Å². The molecule has 3 rings (SSSR count). The first-order valence-electron chi connectivity index (χ1n) is 9.85. The standard InChI is InChI=1S/C22H29N3O3/c1-22(2,3)28-21(27)24-17-12-10-16(11-13-17)20(26)25(4)18-9-5-7-15-8-6-14-23-19(15)18/h5-9,14,16-17H,10-13H2,1-4H3,(H,24,27). The molecule has 0 atom stereocenters. The van der Waals surface area contributed by atoms with Gasteiger partial charge in [0.1, 0.15) is 5.60 Å². The molecule has 0 bridgehead atoms. The SMILES string of the molecule is CN(C(=O)C1CCC(NC(=O)OC(C)(C)C)CC1)c1cccc2cccnc12. The minimum Gasteiger partial charge on any atom is -0.444 e. The first-order valence-corrected chi connectivity index (χ1v) is 9.85. The fraction of sp³-hybridized carbons (Fsp3) is 0.500. The number of ether oxygens (including phenoxy) is 1. The number of fused-ring (bicyclic) bond motifs is 1. The van der Waals surface area contributed by atoms with E-state index < -0.39 is 5.60 Å². The van der Waals surface area contributed by atoms with Crippen LogP contribution in [0.15, 0.2) is 36.5 Å². The van der Waals surface area contributed by atoms with Crippen LogP contribution in [-0.4, -0.2) is 35.7 Å². The largest absolute Gasteiger partial charge is 0.444 e. The number of hydrogen-bond acceptors (Lipinski definition) is 4. The van der Waals surface area contributed by atoms with Gasteiger partial charge in [0, 0.05) is 30.6 Å². The monoisotopic (exact) mass is 383 g/mol. The third-order valence-corrected chi connectivity index (χ3v) is 5.10. The molecule has 1 aliphatic carbocycles. The van der Waals surface area contributed by atoms with Crippen molar-refractivity contribution in [2.45, 2.75) is 58.1 Å². The average molecular weight is 383 g/mol. The van der Waals surface area contributed by atoms with Gasteiger partial charge >= 0.3 is 6.09 Å². The highest BCUT2D eigenvalue weighted by Crippen LogP contribution is 2.30. The molecule has 1 aromatic heterocycles. The summed E-state index contributed by atoms with van der Waals surface area (Å²) in [6, 6.07) is 9.83. The van der Waals surface area contributed by atoms with Gasteiger partial charge in [0.15, 0.2) is 0 Å². The lowest BCUT2D eigenvalue weighted by Crippen LogP contribution is -2.43. The summed E-state index contributed by atoms with van der Waals surface area (Å²) >= 11 is 0. The molecule has 6 heteroatoms. The number of nitrogens with zero attached hydrogens (tertiary/aromatic N) is 2. The van der Waals surface area contributed by atoms with Gasteiger partial charge in [-0.05, 0) is 58.6 Å². The minimum atomic E-state index is -0.507. The fourth-order valence-electron chi connectivity index (χ4n) is 3.71. The van der Waals surface area contributed by atoms with Crippen molar-refractivity contribution in [1.82, 2.24) is 10.3 Å². The van der Waals surface area contributed by atoms with Gasteiger partial charge < -0.3 is 15.0 Å². The molecule has 0 unspecified atom stereocenters. The summed E-state index contributed by atoms with van der Waals surface area (Å²) < 4.78 is 5.32. The molecule has 0 radical (unpaired) electrons. The van der Waals surface area contributed by atoms with Crippen LogP contribution < -0.4 is 10.2 Å². The molecule has 0 saturated heterocycles. The van der Waals surface area contributed by atoms with Crippen LogP contribution in [-0.2, 0) is 9.53 Å². The van der Waals surface area contributed by atoms with E-state index in [2.05, 4.69) is 10.3 Å². The van der Waals surface area contributed by atoms with Crippen molar-refractivity contribution in [2.24, 2.45) is 5.92 Å². The number of anilines is 1. The third-order valence-electron chi connectivity index (χ3n) is 5.10. The molecule has 1 fully saturated rings. The van der Waals surface area contributed by atoms with Crippen molar-refractivity contribution in [1.29, 1.82) is 0 Å². The number of alkyl carbamates (subject to hydrolysis) is 1. The molecule has 2 amide bonds. The van der Waals surface area contributed by atoms with Gasteiger partial charge in [0.05, 0.1) is 11.2 Å². The zero-order chi connectivity index (χ0) is 20.3. The smallest absolute Gasteiger partial charge is 0.407 e. The number of para-hydroxylation sites is 1. The summed E-state index contributed by atoms with van der Waals surface area (Å²) in [7, 11) is 1.82. The lowest BCUT2D eigenvalue weighted by Gasteiger charge is -2.31. The van der Waals surface area contributed by atoms with E-state index in [0.717, 1.165) is 42.3 Å². The van der Waals surface area contributed by atoms with Crippen molar-refractivity contribution in [2.75, 3.05) is 11.9 Å². The van der Waals surface area contributed by atoms with E-state index in [1.165, 1.54) is 0 Å². The van der Waals surface area contributed by atoms with E-state index in [4.69, 9.17) is 4.74 Å². The number of hydrogen-bond donors (Lipinski definition) is 1. The van der Waals surface area contributed by atoms with E-state index >= 15 is 0 Å². The van der Waals surface area contributed by atoms with E-state index in [-0.39, 0.29) is 24.0 Å². The maximum Gasteiger partial charge on any atom is 0.407 e. The van der Waals surface area contributed by atoms with Crippen molar-refractivity contribution >= 4 is 28.6 Å². The van der Waals surface area contributed by atoms with Crippen molar-refractivity contribution in [3.05, 3.63) is 36.5 Å². The Morgan fingerprint density at radius 1 is 1.11 bits per heavy atom. The van der Waals surface area contributed by atoms with Gasteiger partial charge in [0.25, 0.3) is 0 Å². The lowest BCUT2D eigenvalue weighted by molar-refractivity contribution is -0.123. The highest BCUT2D eigenvalue weighted by Gasteiger charge is 2.30. The summed E-state index contributed by atoms with van der Waals surface area (Å²) in [5, 5.41) is 3.94. The van der Waals surface area contributed by atoms with Crippen LogP contribution in [0.1, 0.15) is 46.5 Å². The summed E-state index contributed by atoms with van der Waals surface area (Å²) in [6.45, 7) is 5.54. The van der Waals surface area contributed by atoms with Crippen LogP contribution in [0.5, 0.6) is 0 Å². The van der Waals surface area contributed by atoms with E-state index in [1.807, 2.05) is 58.2 Å². The second-order valence-electron chi connectivity index (χ2n) is 8.44. The highest BCUT2D eigenvalue weighted by molar-refractivity contribution is 6.02. The number of carbonyl (C=O) groups is 2. The molecule has 6 nitrogen and oxygen atoms in total. The fourth-order valence-corrected chi connectivity index (χ4v) is 3.71. The van der Waals surface area contributed by atoms with Crippen LogP contribution in [0.4, 0.5) is 10.5 Å². The Kier molecular flexibility index (Phi) is 5.87. The van der Waals surface area contributed by atoms with Crippen LogP contribution in [0.2, 0.25) is 0 Å². The number of aromatic nitrogens is 1. The summed E-state index contributed by atoms with van der Waals surface area (Å²) in [6.07, 6.45) is 4.41. The van der Waals surface area contributed by atoms with Gasteiger partial charge in [-0.15, -0.1) is 0 Å². The second kappa shape index (κ2) is 8.17. The Morgan fingerprint density at radius 3 is 2.46 bits per heavy atom. The number of nitrogens with one attached hydrogen (secondary N) is 1. The Hall–Kier alpha value is -2.63. The Labute approximate surface area is 166 Å². The predicted octanol–water partition coefficient (Wildman–Crippen LogP) is 4.28. The average Bonchev–Trinajstić information content (AvgIpc) is 2.65. The maximum atomic E-state index is 13.0. The molecule has 0 spiro atoms. The Balaban J connectivity index is 1.60. The number of rotatable bonds is 3. The minimum absolute atomic E-state index is 0.0411. The number of carbonyl (C=O) groups excluding carboxylic acids is 2. The van der Waals surface area contributed by atoms with E-state index in [1.54, 1.807) is 11.1 Å². The first-order chi connectivity index (χ1) is 13.2. The Bertz CT molecular complexity index is 846. The highest BCUT2D eigenvalue weighted by atomic mass is 16.6. The Morgan fingerprint density at radius 2 is 1.79 bits per heavy atom. The van der Waals surface area contributed by atoms with E-state index in [0.29, 0.717) is 0 Å². The predicted molar refractivity (Wildman–Crippen MR) is 110 cm³/mol. The summed E-state index contributed by atoms with van der Waals surface area (Å²) in [5.74, 6) is 0.0644. The van der Waals surface area contributed by atoms with Gasteiger partial charge in [-0.1, -0.05) is 18.2 Å². The van der Waals surface area contributed by atoms with Crippen LogP contribution in [0.25, 0.3) is 10.9 Å². The number of benzene rings is 1. The number of pyridine rings is 1. The third kappa shape index (κ3) is 4.80. The van der Waals surface area contributed by atoms with Gasteiger partial charge in [-0.2, -0.15) is 0 Å². The van der Waals surface area contributed by atoms with Crippen molar-refractivity contribution in [3.63, 3.8) is 0 Å². The maximum absolute atomic E-state index is 13.0.